The number of hydrogen-bond acceptors (Lipinski definition) is 6. The van der Waals surface area contributed by atoms with E-state index in [0.717, 1.165) is 10.5 Å². The molecule has 106 valence electrons. The Morgan fingerprint density at radius 3 is 2.76 bits per heavy atom. The number of aromatic carboxylic acids is 1. The third-order valence-corrected chi connectivity index (χ3v) is 4.39. The van der Waals surface area contributed by atoms with Crippen molar-refractivity contribution < 1.29 is 14.4 Å². The third-order valence-electron chi connectivity index (χ3n) is 2.71. The van der Waals surface area contributed by atoms with Gasteiger partial charge in [-0.15, -0.1) is 11.8 Å². The predicted molar refractivity (Wildman–Crippen MR) is 80.6 cm³/mol. The van der Waals surface area contributed by atoms with Crippen molar-refractivity contribution in [3.05, 3.63) is 52.5 Å². The van der Waals surface area contributed by atoms with Crippen LogP contribution >= 0.6 is 23.1 Å². The fraction of sp³-hybridized carbons (Fsp3) is 0.0714. The largest absolute Gasteiger partial charge is 0.478 e. The fourth-order valence-corrected chi connectivity index (χ4v) is 3.03. The maximum Gasteiger partial charge on any atom is 0.335 e. The molecular formula is C14H10N2O3S2. The van der Waals surface area contributed by atoms with Gasteiger partial charge in [0.25, 0.3) is 0 Å². The quantitative estimate of drug-likeness (QED) is 0.721. The van der Waals surface area contributed by atoms with E-state index in [1.165, 1.54) is 11.8 Å². The second kappa shape index (κ2) is 6.11. The first-order valence-electron chi connectivity index (χ1n) is 6.04. The molecule has 0 fully saturated rings. The molecule has 0 aliphatic rings. The Morgan fingerprint density at radius 2 is 2.10 bits per heavy atom. The average molecular weight is 318 g/mol. The lowest BCUT2D eigenvalue weighted by Gasteiger charge is -1.99. The van der Waals surface area contributed by atoms with Crippen LogP contribution in [0.3, 0.4) is 0 Å². The molecule has 1 aromatic carbocycles. The Balaban J connectivity index is 1.64. The molecule has 0 unspecified atom stereocenters. The van der Waals surface area contributed by atoms with Crippen LogP contribution in [0.4, 0.5) is 0 Å². The first kappa shape index (κ1) is 13.8. The van der Waals surface area contributed by atoms with Crippen LogP contribution in [0.15, 0.2) is 50.5 Å². The SMILES string of the molecule is O=C(O)c1ccc(SCc2nc(-c3ccsc3)no2)cc1. The van der Waals surface area contributed by atoms with Crippen molar-refractivity contribution >= 4 is 29.1 Å². The van der Waals surface area contributed by atoms with Crippen molar-refractivity contribution in [3.8, 4) is 11.4 Å². The summed E-state index contributed by atoms with van der Waals surface area (Å²) >= 11 is 3.10. The summed E-state index contributed by atoms with van der Waals surface area (Å²) in [6, 6.07) is 8.64. The van der Waals surface area contributed by atoms with Gasteiger partial charge in [0.15, 0.2) is 0 Å². The van der Waals surface area contributed by atoms with Gasteiger partial charge in [-0.2, -0.15) is 16.3 Å². The summed E-state index contributed by atoms with van der Waals surface area (Å²) in [6.45, 7) is 0. The Kier molecular flexibility index (Phi) is 4.03. The molecule has 0 aliphatic carbocycles. The molecule has 7 heteroatoms. The van der Waals surface area contributed by atoms with Crippen molar-refractivity contribution in [2.24, 2.45) is 0 Å². The van der Waals surface area contributed by atoms with Crippen molar-refractivity contribution in [1.29, 1.82) is 0 Å². The van der Waals surface area contributed by atoms with Crippen LogP contribution in [0.2, 0.25) is 0 Å². The summed E-state index contributed by atoms with van der Waals surface area (Å²) in [5.41, 5.74) is 1.22. The average Bonchev–Trinajstić information content (AvgIpc) is 3.16. The lowest BCUT2D eigenvalue weighted by molar-refractivity contribution is 0.0697. The van der Waals surface area contributed by atoms with Crippen molar-refractivity contribution in [3.63, 3.8) is 0 Å². The Hall–Kier alpha value is -2.12. The fourth-order valence-electron chi connectivity index (χ4n) is 1.66. The predicted octanol–water partition coefficient (Wildman–Crippen LogP) is 3.79. The van der Waals surface area contributed by atoms with Crippen LogP contribution in [-0.4, -0.2) is 21.2 Å². The number of benzene rings is 1. The number of thioether (sulfide) groups is 1. The summed E-state index contributed by atoms with van der Waals surface area (Å²) in [5, 5.41) is 16.7. The molecule has 3 aromatic rings. The van der Waals surface area contributed by atoms with Crippen molar-refractivity contribution in [1.82, 2.24) is 10.1 Å². The zero-order valence-corrected chi connectivity index (χ0v) is 12.4. The van der Waals surface area contributed by atoms with Crippen LogP contribution in [-0.2, 0) is 5.75 Å². The highest BCUT2D eigenvalue weighted by Gasteiger charge is 2.09. The first-order valence-corrected chi connectivity index (χ1v) is 7.96. The molecule has 0 aliphatic heterocycles. The van der Waals surface area contributed by atoms with Gasteiger partial charge in [-0.25, -0.2) is 4.79 Å². The van der Waals surface area contributed by atoms with Crippen molar-refractivity contribution in [2.45, 2.75) is 10.6 Å². The van der Waals surface area contributed by atoms with E-state index in [4.69, 9.17) is 9.63 Å². The van der Waals surface area contributed by atoms with Gasteiger partial charge in [-0.3, -0.25) is 0 Å². The van der Waals surface area contributed by atoms with E-state index in [0.29, 0.717) is 17.5 Å². The maximum absolute atomic E-state index is 10.8. The molecule has 3 rings (SSSR count). The number of rotatable bonds is 5. The molecule has 1 N–H and O–H groups in total. The number of thiophene rings is 1. The molecule has 5 nitrogen and oxygen atoms in total. The lowest BCUT2D eigenvalue weighted by atomic mass is 10.2. The molecule has 0 bridgehead atoms. The highest BCUT2D eigenvalue weighted by Crippen LogP contribution is 2.24. The molecule has 0 atom stereocenters. The van der Waals surface area contributed by atoms with Gasteiger partial charge in [-0.1, -0.05) is 5.16 Å². The minimum Gasteiger partial charge on any atom is -0.478 e. The molecule has 21 heavy (non-hydrogen) atoms. The van der Waals surface area contributed by atoms with Gasteiger partial charge < -0.3 is 9.63 Å². The van der Waals surface area contributed by atoms with Gasteiger partial charge in [0, 0.05) is 15.8 Å². The zero-order chi connectivity index (χ0) is 14.7. The van der Waals surface area contributed by atoms with Crippen molar-refractivity contribution in [2.75, 3.05) is 0 Å². The number of hydrogen-bond donors (Lipinski definition) is 1. The van der Waals surface area contributed by atoms with Gasteiger partial charge in [0.05, 0.1) is 11.3 Å². The summed E-state index contributed by atoms with van der Waals surface area (Å²) in [5.74, 6) is 0.754. The summed E-state index contributed by atoms with van der Waals surface area (Å²) < 4.78 is 5.20. The minimum atomic E-state index is -0.927. The molecule has 0 saturated heterocycles. The van der Waals surface area contributed by atoms with Crippen LogP contribution in [0, 0.1) is 0 Å². The second-order valence-electron chi connectivity index (χ2n) is 4.14. The number of aromatic nitrogens is 2. The molecule has 0 spiro atoms. The first-order chi connectivity index (χ1) is 10.2. The van der Waals surface area contributed by atoms with Crippen LogP contribution in [0.1, 0.15) is 16.2 Å². The molecule has 0 saturated carbocycles. The van der Waals surface area contributed by atoms with Crippen LogP contribution in [0.5, 0.6) is 0 Å². The summed E-state index contributed by atoms with van der Waals surface area (Å²) in [6.07, 6.45) is 0. The zero-order valence-electron chi connectivity index (χ0n) is 10.7. The van der Waals surface area contributed by atoms with Gasteiger partial charge in [-0.05, 0) is 35.7 Å². The van der Waals surface area contributed by atoms with Gasteiger partial charge in [0.2, 0.25) is 11.7 Å². The summed E-state index contributed by atoms with van der Waals surface area (Å²) in [7, 11) is 0. The normalized spacial score (nSPS) is 10.7. The minimum absolute atomic E-state index is 0.275. The molecule has 2 heterocycles. The molecular weight excluding hydrogens is 308 g/mol. The highest BCUT2D eigenvalue weighted by atomic mass is 32.2. The van der Waals surface area contributed by atoms with Crippen LogP contribution < -0.4 is 0 Å². The van der Waals surface area contributed by atoms with E-state index >= 15 is 0 Å². The van der Waals surface area contributed by atoms with Gasteiger partial charge in [0.1, 0.15) is 0 Å². The number of carboxylic acid groups (broad SMARTS) is 1. The summed E-state index contributed by atoms with van der Waals surface area (Å²) in [4.78, 5) is 16.0. The van der Waals surface area contributed by atoms with Crippen LogP contribution in [0.25, 0.3) is 11.4 Å². The van der Waals surface area contributed by atoms with E-state index in [1.807, 2.05) is 16.8 Å². The Morgan fingerprint density at radius 1 is 1.29 bits per heavy atom. The lowest BCUT2D eigenvalue weighted by Crippen LogP contribution is -1.94. The van der Waals surface area contributed by atoms with E-state index < -0.39 is 5.97 Å². The second-order valence-corrected chi connectivity index (χ2v) is 5.97. The molecule has 2 aromatic heterocycles. The van der Waals surface area contributed by atoms with E-state index in [2.05, 4.69) is 10.1 Å². The Labute approximate surface area is 128 Å². The number of nitrogens with zero attached hydrogens (tertiary/aromatic N) is 2. The number of carbonyl (C=O) groups is 1. The van der Waals surface area contributed by atoms with E-state index in [1.54, 1.807) is 35.6 Å². The molecule has 0 radical (unpaired) electrons. The third kappa shape index (κ3) is 3.32. The van der Waals surface area contributed by atoms with E-state index in [9.17, 15) is 4.79 Å². The Bertz CT molecular complexity index is 736. The standard InChI is InChI=1S/C14H10N2O3S2/c17-14(18)9-1-3-11(4-2-9)21-8-12-15-13(16-19-12)10-5-6-20-7-10/h1-7H,8H2,(H,17,18). The highest BCUT2D eigenvalue weighted by molar-refractivity contribution is 7.98. The van der Waals surface area contributed by atoms with E-state index in [-0.39, 0.29) is 5.56 Å². The smallest absolute Gasteiger partial charge is 0.335 e. The number of carboxylic acids is 1. The monoisotopic (exact) mass is 318 g/mol. The topological polar surface area (TPSA) is 76.2 Å². The maximum atomic E-state index is 10.8. The van der Waals surface area contributed by atoms with Gasteiger partial charge >= 0.3 is 5.97 Å². The molecule has 0 amide bonds.